The number of aliphatic hydroxyl groups is 1. The van der Waals surface area contributed by atoms with Gasteiger partial charge in [-0.05, 0) is 107 Å². The smallest absolute Gasteiger partial charge is 0.311 e. The van der Waals surface area contributed by atoms with Crippen LogP contribution in [0.3, 0.4) is 0 Å². The molecular formula is C42H57N5O5. The predicted octanol–water partition coefficient (Wildman–Crippen LogP) is 7.51. The molecule has 1 N–H and O–H groups in total. The van der Waals surface area contributed by atoms with Crippen molar-refractivity contribution in [1.82, 2.24) is 14.8 Å². The summed E-state index contributed by atoms with van der Waals surface area (Å²) in [6.07, 6.45) is 12.8. The zero-order chi connectivity index (χ0) is 38.4. The number of nitrogens with zero attached hydrogens (tertiary/aromatic N) is 5. The molecule has 0 spiro atoms. The monoisotopic (exact) mass is 711 g/mol. The van der Waals surface area contributed by atoms with Crippen molar-refractivity contribution in [3.8, 4) is 12.1 Å². The minimum atomic E-state index is -0.612. The van der Waals surface area contributed by atoms with E-state index < -0.39 is 22.3 Å². The number of aromatic nitrogens is 3. The SMILES string of the molecule is CC(C)(C#N)c1cc(Cn2cncn2)cc(C(C)(C)C#N)c1.CCC(C)(C)C(=O)O[C@H]1C[C@@H](C)C=C2C=C[C@H](C)[C@H](CC[C@@H]3C[C@@H](O)CC(=O)O3)[C@H]21. The first-order valence-electron chi connectivity index (χ1n) is 18.7. The number of esters is 2. The minimum absolute atomic E-state index is 0.0949. The standard InChI is InChI=1S/C25H38O5.C17H19N5/c1-6-25(4,5)24(28)30-21-12-15(2)11-17-8-7-16(3)20(23(17)21)10-9-19-13-18(26)14-22(27)29-19;1-16(2,9-18)14-5-13(8-22-12-20-11-21-22)6-15(7-14)17(3,4)10-19/h7-8,11,15-16,18-21,23,26H,6,9-10,12-14H2,1-5H3;5-7,11-12H,8H2,1-4H3/t15-,16-,18+,19+,20-,21-,23-;/m0./s1. The molecule has 7 atom stereocenters. The van der Waals surface area contributed by atoms with Crippen LogP contribution in [-0.2, 0) is 36.4 Å². The fraction of sp³-hybridized carbons (Fsp3) is 0.619. The van der Waals surface area contributed by atoms with E-state index in [0.29, 0.717) is 30.7 Å². The molecule has 280 valence electrons. The molecule has 1 aromatic heterocycles. The van der Waals surface area contributed by atoms with Crippen molar-refractivity contribution < 1.29 is 24.2 Å². The fourth-order valence-electron chi connectivity index (χ4n) is 7.21. The normalized spacial score (nSPS) is 26.0. The van der Waals surface area contributed by atoms with Gasteiger partial charge in [0, 0.05) is 12.3 Å². The maximum atomic E-state index is 12.9. The molecule has 1 aromatic carbocycles. The van der Waals surface area contributed by atoms with E-state index >= 15 is 0 Å². The molecule has 0 radical (unpaired) electrons. The molecule has 10 nitrogen and oxygen atoms in total. The first-order valence-corrected chi connectivity index (χ1v) is 18.7. The van der Waals surface area contributed by atoms with Crippen LogP contribution in [0.1, 0.15) is 118 Å². The maximum absolute atomic E-state index is 12.9. The van der Waals surface area contributed by atoms with Gasteiger partial charge in [-0.1, -0.05) is 57.2 Å². The Balaban J connectivity index is 0.000000244. The summed E-state index contributed by atoms with van der Waals surface area (Å²) in [5, 5.41) is 32.8. The van der Waals surface area contributed by atoms with E-state index in [4.69, 9.17) is 9.47 Å². The quantitative estimate of drug-likeness (QED) is 0.247. The van der Waals surface area contributed by atoms with Crippen molar-refractivity contribution in [3.05, 3.63) is 71.3 Å². The van der Waals surface area contributed by atoms with Crippen LogP contribution in [0.2, 0.25) is 0 Å². The summed E-state index contributed by atoms with van der Waals surface area (Å²) in [4.78, 5) is 28.5. The highest BCUT2D eigenvalue weighted by Gasteiger charge is 2.43. The van der Waals surface area contributed by atoms with E-state index in [1.54, 1.807) is 11.0 Å². The lowest BCUT2D eigenvalue weighted by atomic mass is 9.65. The number of benzene rings is 1. The Morgan fingerprint density at radius 2 is 1.69 bits per heavy atom. The van der Waals surface area contributed by atoms with Crippen LogP contribution in [0.25, 0.3) is 0 Å². The summed E-state index contributed by atoms with van der Waals surface area (Å²) >= 11 is 0. The van der Waals surface area contributed by atoms with Gasteiger partial charge in [-0.3, -0.25) is 9.59 Å². The van der Waals surface area contributed by atoms with Gasteiger partial charge in [-0.25, -0.2) is 9.67 Å². The van der Waals surface area contributed by atoms with Crippen molar-refractivity contribution in [2.75, 3.05) is 0 Å². The van der Waals surface area contributed by atoms with Crippen molar-refractivity contribution in [3.63, 3.8) is 0 Å². The number of carbonyl (C=O) groups excluding carboxylic acids is 2. The lowest BCUT2D eigenvalue weighted by Gasteiger charge is -2.44. The third-order valence-electron chi connectivity index (χ3n) is 11.2. The second-order valence-corrected chi connectivity index (χ2v) is 16.7. The van der Waals surface area contributed by atoms with Gasteiger partial charge in [0.15, 0.2) is 0 Å². The number of carbonyl (C=O) groups is 2. The zero-order valence-corrected chi connectivity index (χ0v) is 32.4. The van der Waals surface area contributed by atoms with Crippen LogP contribution >= 0.6 is 0 Å². The van der Waals surface area contributed by atoms with Gasteiger partial charge in [0.05, 0.1) is 47.5 Å². The Hall–Kier alpha value is -4.28. The highest BCUT2D eigenvalue weighted by atomic mass is 16.6. The van der Waals surface area contributed by atoms with E-state index in [2.05, 4.69) is 54.3 Å². The minimum Gasteiger partial charge on any atom is -0.462 e. The lowest BCUT2D eigenvalue weighted by molar-refractivity contribution is -0.166. The number of ether oxygens (including phenoxy) is 2. The number of nitriles is 2. The van der Waals surface area contributed by atoms with E-state index in [1.807, 2.05) is 66.7 Å². The average molecular weight is 712 g/mol. The summed E-state index contributed by atoms with van der Waals surface area (Å²) in [6.45, 7) is 18.4. The van der Waals surface area contributed by atoms with Crippen LogP contribution in [0.4, 0.5) is 0 Å². The van der Waals surface area contributed by atoms with E-state index in [0.717, 1.165) is 42.4 Å². The molecule has 0 saturated carbocycles. The third kappa shape index (κ3) is 9.98. The molecule has 1 fully saturated rings. The first-order chi connectivity index (χ1) is 24.4. The topological polar surface area (TPSA) is 151 Å². The number of aliphatic hydroxyl groups excluding tert-OH is 1. The van der Waals surface area contributed by atoms with Crippen molar-refractivity contribution in [2.45, 2.75) is 137 Å². The molecule has 2 heterocycles. The number of cyclic esters (lactones) is 1. The maximum Gasteiger partial charge on any atom is 0.311 e. The fourth-order valence-corrected chi connectivity index (χ4v) is 7.21. The summed E-state index contributed by atoms with van der Waals surface area (Å²) in [5.41, 5.74) is 2.38. The molecule has 2 aromatic rings. The Labute approximate surface area is 309 Å². The van der Waals surface area contributed by atoms with E-state index in [9.17, 15) is 25.2 Å². The summed E-state index contributed by atoms with van der Waals surface area (Å²) < 4.78 is 13.3. The molecular weight excluding hydrogens is 654 g/mol. The van der Waals surface area contributed by atoms with Crippen LogP contribution in [0.15, 0.2) is 54.7 Å². The van der Waals surface area contributed by atoms with Crippen LogP contribution in [0, 0.1) is 51.7 Å². The van der Waals surface area contributed by atoms with Crippen molar-refractivity contribution >= 4 is 11.9 Å². The van der Waals surface area contributed by atoms with Gasteiger partial charge in [0.1, 0.15) is 24.9 Å². The molecule has 0 bridgehead atoms. The molecule has 0 unspecified atom stereocenters. The Bertz CT molecular complexity index is 1670. The molecule has 1 aliphatic heterocycles. The highest BCUT2D eigenvalue weighted by molar-refractivity contribution is 5.76. The first kappa shape index (κ1) is 40.5. The number of fused-ring (bicyclic) bond motifs is 1. The van der Waals surface area contributed by atoms with Crippen molar-refractivity contribution in [1.29, 1.82) is 10.5 Å². The van der Waals surface area contributed by atoms with Gasteiger partial charge in [0.25, 0.3) is 0 Å². The largest absolute Gasteiger partial charge is 0.462 e. The average Bonchev–Trinajstić information content (AvgIpc) is 3.60. The highest BCUT2D eigenvalue weighted by Crippen LogP contribution is 2.46. The molecule has 10 heteroatoms. The van der Waals surface area contributed by atoms with E-state index in [1.165, 1.54) is 11.9 Å². The van der Waals surface area contributed by atoms with E-state index in [-0.39, 0.29) is 36.5 Å². The van der Waals surface area contributed by atoms with Crippen LogP contribution in [-0.4, -0.2) is 50.1 Å². The molecule has 3 aliphatic rings. The summed E-state index contributed by atoms with van der Waals surface area (Å²) in [5.74, 6) is 0.776. The van der Waals surface area contributed by atoms with Gasteiger partial charge in [0.2, 0.25) is 0 Å². The molecule has 1 saturated heterocycles. The number of allylic oxidation sites excluding steroid dienone is 3. The second-order valence-electron chi connectivity index (χ2n) is 16.7. The zero-order valence-electron chi connectivity index (χ0n) is 32.4. The van der Waals surface area contributed by atoms with Crippen LogP contribution < -0.4 is 0 Å². The molecule has 5 rings (SSSR count). The Morgan fingerprint density at radius 1 is 1.04 bits per heavy atom. The number of hydrogen-bond acceptors (Lipinski definition) is 9. The second kappa shape index (κ2) is 16.6. The van der Waals surface area contributed by atoms with Crippen molar-refractivity contribution in [2.24, 2.45) is 29.1 Å². The number of rotatable bonds is 10. The van der Waals surface area contributed by atoms with Crippen LogP contribution in [0.5, 0.6) is 0 Å². The number of hydrogen-bond donors (Lipinski definition) is 1. The Morgan fingerprint density at radius 3 is 2.25 bits per heavy atom. The molecule has 0 amide bonds. The Kier molecular flexibility index (Phi) is 12.9. The third-order valence-corrected chi connectivity index (χ3v) is 11.2. The van der Waals surface area contributed by atoms with Gasteiger partial charge < -0.3 is 14.6 Å². The van der Waals surface area contributed by atoms with Gasteiger partial charge >= 0.3 is 11.9 Å². The van der Waals surface area contributed by atoms with Gasteiger partial charge in [-0.15, -0.1) is 0 Å². The predicted molar refractivity (Wildman–Crippen MR) is 198 cm³/mol. The van der Waals surface area contributed by atoms with Gasteiger partial charge in [-0.2, -0.15) is 15.6 Å². The molecule has 2 aliphatic carbocycles. The molecule has 52 heavy (non-hydrogen) atoms. The lowest BCUT2D eigenvalue weighted by Crippen LogP contribution is -2.43. The summed E-state index contributed by atoms with van der Waals surface area (Å²) in [6, 6.07) is 10.6. The summed E-state index contributed by atoms with van der Waals surface area (Å²) in [7, 11) is 0.